The van der Waals surface area contributed by atoms with Gasteiger partial charge in [0.2, 0.25) is 0 Å². The lowest BCUT2D eigenvalue weighted by Crippen LogP contribution is -2.37. The predicted octanol–water partition coefficient (Wildman–Crippen LogP) is 3.57. The molecule has 3 rings (SSSR count). The monoisotopic (exact) mass is 308 g/mol. The summed E-state index contributed by atoms with van der Waals surface area (Å²) >= 11 is 0. The van der Waals surface area contributed by atoms with E-state index in [9.17, 15) is 4.79 Å². The molecule has 0 radical (unpaired) electrons. The molecule has 0 unspecified atom stereocenters. The first-order valence-electron chi connectivity index (χ1n) is 7.65. The van der Waals surface area contributed by atoms with E-state index in [-0.39, 0.29) is 5.78 Å². The highest BCUT2D eigenvalue weighted by atomic mass is 16.5. The quantitative estimate of drug-likeness (QED) is 0.845. The fourth-order valence-electron chi connectivity index (χ4n) is 2.65. The summed E-state index contributed by atoms with van der Waals surface area (Å²) in [5.74, 6) is 1.80. The van der Waals surface area contributed by atoms with Gasteiger partial charge in [-0.25, -0.2) is 5.01 Å². The molecule has 4 heteroatoms. The third kappa shape index (κ3) is 3.60. The topological polar surface area (TPSA) is 32.8 Å². The lowest BCUT2D eigenvalue weighted by Gasteiger charge is -2.27. The molecular formula is C19H20N2O2. The fourth-order valence-corrected chi connectivity index (χ4v) is 2.65. The van der Waals surface area contributed by atoms with E-state index in [1.54, 1.807) is 6.92 Å². The van der Waals surface area contributed by atoms with E-state index in [4.69, 9.17) is 4.74 Å². The summed E-state index contributed by atoms with van der Waals surface area (Å²) in [5.41, 5.74) is 2.22. The van der Waals surface area contributed by atoms with Crippen molar-refractivity contribution in [3.63, 3.8) is 0 Å². The van der Waals surface area contributed by atoms with Crippen LogP contribution in [0, 0.1) is 0 Å². The Bertz CT molecular complexity index is 708. The third-order valence-corrected chi connectivity index (χ3v) is 3.80. The Labute approximate surface area is 136 Å². The molecule has 0 saturated carbocycles. The van der Waals surface area contributed by atoms with Crippen LogP contribution in [0.15, 0.2) is 60.7 Å². The third-order valence-electron chi connectivity index (χ3n) is 3.80. The van der Waals surface area contributed by atoms with Crippen LogP contribution >= 0.6 is 0 Å². The molecule has 2 aromatic carbocycles. The minimum atomic E-state index is 0.165. The number of hydrogen-bond acceptors (Lipinski definition) is 4. The number of benzene rings is 2. The number of carbonyl (C=O) groups is 1. The van der Waals surface area contributed by atoms with Gasteiger partial charge in [-0.05, 0) is 55.0 Å². The van der Waals surface area contributed by atoms with Crippen LogP contribution in [0.5, 0.6) is 11.5 Å². The van der Waals surface area contributed by atoms with Crippen molar-refractivity contribution in [2.45, 2.75) is 6.92 Å². The number of nitrogens with zero attached hydrogens (tertiary/aromatic N) is 2. The Morgan fingerprint density at radius 2 is 1.70 bits per heavy atom. The lowest BCUT2D eigenvalue weighted by molar-refractivity contribution is -0.120. The molecule has 0 aromatic heterocycles. The van der Waals surface area contributed by atoms with Crippen molar-refractivity contribution in [1.29, 1.82) is 0 Å². The molecule has 0 bridgehead atoms. The van der Waals surface area contributed by atoms with E-state index in [1.165, 1.54) is 0 Å². The average Bonchev–Trinajstić information content (AvgIpc) is 2.90. The average molecular weight is 308 g/mol. The van der Waals surface area contributed by atoms with E-state index in [0.717, 1.165) is 29.3 Å². The van der Waals surface area contributed by atoms with E-state index in [2.05, 4.69) is 6.08 Å². The summed E-state index contributed by atoms with van der Waals surface area (Å²) in [7, 11) is 1.98. The Morgan fingerprint density at radius 3 is 2.35 bits per heavy atom. The van der Waals surface area contributed by atoms with Gasteiger partial charge in [0, 0.05) is 13.6 Å². The fraction of sp³-hybridized carbons (Fsp3) is 0.211. The lowest BCUT2D eigenvalue weighted by atomic mass is 10.1. The van der Waals surface area contributed by atoms with Crippen molar-refractivity contribution in [2.75, 3.05) is 20.1 Å². The van der Waals surface area contributed by atoms with Crippen LogP contribution in [0.1, 0.15) is 12.5 Å². The highest BCUT2D eigenvalue weighted by Crippen LogP contribution is 2.28. The number of para-hydroxylation sites is 1. The smallest absolute Gasteiger partial charge is 0.145 e. The molecule has 23 heavy (non-hydrogen) atoms. The molecule has 1 heterocycles. The largest absolute Gasteiger partial charge is 0.457 e. The van der Waals surface area contributed by atoms with Gasteiger partial charge in [-0.1, -0.05) is 18.2 Å². The molecule has 0 N–H and O–H groups in total. The predicted molar refractivity (Wildman–Crippen MR) is 91.0 cm³/mol. The number of hydrogen-bond donors (Lipinski definition) is 0. The van der Waals surface area contributed by atoms with E-state index in [0.29, 0.717) is 6.54 Å². The first kappa shape index (κ1) is 15.3. The van der Waals surface area contributed by atoms with Crippen molar-refractivity contribution >= 4 is 11.5 Å². The number of ketones is 1. The second kappa shape index (κ2) is 6.67. The maximum atomic E-state index is 11.3. The maximum Gasteiger partial charge on any atom is 0.145 e. The molecule has 0 fully saturated rings. The van der Waals surface area contributed by atoms with Crippen LogP contribution in [-0.2, 0) is 4.79 Å². The summed E-state index contributed by atoms with van der Waals surface area (Å²) in [6, 6.07) is 17.7. The molecule has 0 saturated heterocycles. The van der Waals surface area contributed by atoms with Gasteiger partial charge in [-0.2, -0.15) is 0 Å². The van der Waals surface area contributed by atoms with Crippen LogP contribution in [0.3, 0.4) is 0 Å². The number of Topliss-reactive ketones (excluding diaryl/α,β-unsaturated/α-hetero) is 1. The second-order valence-electron chi connectivity index (χ2n) is 5.60. The Balaban J connectivity index is 1.69. The first-order chi connectivity index (χ1) is 11.1. The van der Waals surface area contributed by atoms with Gasteiger partial charge < -0.3 is 9.75 Å². The highest BCUT2D eigenvalue weighted by molar-refractivity contribution is 5.78. The van der Waals surface area contributed by atoms with Crippen molar-refractivity contribution < 1.29 is 9.53 Å². The molecular weight excluding hydrogens is 288 g/mol. The molecule has 0 amide bonds. The van der Waals surface area contributed by atoms with Crippen molar-refractivity contribution in [3.8, 4) is 11.5 Å². The normalized spacial score (nSPS) is 14.7. The van der Waals surface area contributed by atoms with E-state index in [1.807, 2.05) is 71.7 Å². The van der Waals surface area contributed by atoms with Gasteiger partial charge in [0.05, 0.1) is 12.2 Å². The zero-order valence-corrected chi connectivity index (χ0v) is 13.4. The molecule has 1 aliphatic heterocycles. The van der Waals surface area contributed by atoms with Gasteiger partial charge >= 0.3 is 0 Å². The van der Waals surface area contributed by atoms with Crippen molar-refractivity contribution in [1.82, 2.24) is 10.0 Å². The van der Waals surface area contributed by atoms with Gasteiger partial charge in [0.25, 0.3) is 0 Å². The minimum absolute atomic E-state index is 0.165. The zero-order valence-electron chi connectivity index (χ0n) is 13.4. The minimum Gasteiger partial charge on any atom is -0.457 e. The van der Waals surface area contributed by atoms with Gasteiger partial charge in [0.15, 0.2) is 0 Å². The number of hydrazine groups is 1. The van der Waals surface area contributed by atoms with Crippen LogP contribution in [-0.4, -0.2) is 35.9 Å². The van der Waals surface area contributed by atoms with Crippen LogP contribution in [0.4, 0.5) is 0 Å². The maximum absolute atomic E-state index is 11.3. The van der Waals surface area contributed by atoms with Crippen LogP contribution in [0.2, 0.25) is 0 Å². The molecule has 0 aliphatic carbocycles. The Morgan fingerprint density at radius 1 is 1.04 bits per heavy atom. The number of rotatable bonds is 5. The SMILES string of the molecule is CC(=O)CN1CC=C(c2ccc(Oc3ccccc3)cc2)N1C. The second-order valence-corrected chi connectivity index (χ2v) is 5.60. The molecule has 1 aliphatic rings. The summed E-state index contributed by atoms with van der Waals surface area (Å²) in [5, 5.41) is 4.06. The number of carbonyl (C=O) groups excluding carboxylic acids is 1. The van der Waals surface area contributed by atoms with E-state index >= 15 is 0 Å². The molecule has 4 nitrogen and oxygen atoms in total. The van der Waals surface area contributed by atoms with Crippen molar-refractivity contribution in [3.05, 3.63) is 66.2 Å². The summed E-state index contributed by atoms with van der Waals surface area (Å²) < 4.78 is 5.81. The van der Waals surface area contributed by atoms with Gasteiger partial charge in [0.1, 0.15) is 17.3 Å². The molecule has 0 spiro atoms. The van der Waals surface area contributed by atoms with Gasteiger partial charge in [-0.15, -0.1) is 0 Å². The Hall–Kier alpha value is -2.59. The Kier molecular flexibility index (Phi) is 4.44. The molecule has 118 valence electrons. The molecule has 0 atom stereocenters. The van der Waals surface area contributed by atoms with Crippen LogP contribution < -0.4 is 4.74 Å². The highest BCUT2D eigenvalue weighted by Gasteiger charge is 2.22. The number of ether oxygens (including phenoxy) is 1. The first-order valence-corrected chi connectivity index (χ1v) is 7.65. The van der Waals surface area contributed by atoms with Crippen molar-refractivity contribution in [2.24, 2.45) is 0 Å². The standard InChI is InChI=1S/C19H20N2O2/c1-15(22)14-21-13-12-19(20(21)2)16-8-10-18(11-9-16)23-17-6-4-3-5-7-17/h3-12H,13-14H2,1-2H3. The van der Waals surface area contributed by atoms with Crippen LogP contribution in [0.25, 0.3) is 5.70 Å². The summed E-state index contributed by atoms with van der Waals surface area (Å²) in [6.07, 6.45) is 2.13. The zero-order chi connectivity index (χ0) is 16.2. The summed E-state index contributed by atoms with van der Waals surface area (Å²) in [6.45, 7) is 2.81. The van der Waals surface area contributed by atoms with Gasteiger partial charge in [-0.3, -0.25) is 4.79 Å². The summed E-state index contributed by atoms with van der Waals surface area (Å²) in [4.78, 5) is 11.3. The molecule has 2 aromatic rings. The van der Waals surface area contributed by atoms with E-state index < -0.39 is 0 Å².